The second-order valence-electron chi connectivity index (χ2n) is 34.9. The van der Waals surface area contributed by atoms with E-state index in [0.717, 1.165) is 162 Å². The molecule has 19 rings (SSSR count). The number of aryl methyl sites for hydroxylation is 2. The number of nitrogens with zero attached hydrogens (tertiary/aromatic N) is 6. The second kappa shape index (κ2) is 46.6. The maximum Gasteiger partial charge on any atom is 0.166 e. The van der Waals surface area contributed by atoms with Crippen LogP contribution in [0.3, 0.4) is 0 Å². The van der Waals surface area contributed by atoms with Crippen LogP contribution in [-0.4, -0.2) is 57.6 Å². The number of ether oxygens (including phenoxy) is 2. The van der Waals surface area contributed by atoms with Crippen LogP contribution in [0.15, 0.2) is 358 Å². The topological polar surface area (TPSA) is 186 Å². The predicted octanol–water partition coefficient (Wildman–Crippen LogP) is 31.3. The fourth-order valence-electron chi connectivity index (χ4n) is 17.1. The van der Waals surface area contributed by atoms with Crippen LogP contribution in [0.2, 0.25) is 0 Å². The van der Waals surface area contributed by atoms with Gasteiger partial charge in [0.2, 0.25) is 0 Å². The van der Waals surface area contributed by atoms with E-state index in [1.54, 1.807) is 54.8 Å². The fraction of sp³-hybridized carbons (Fsp3) is 0.202. The van der Waals surface area contributed by atoms with E-state index < -0.39 is 18.3 Å². The van der Waals surface area contributed by atoms with E-state index in [2.05, 4.69) is 206 Å². The van der Waals surface area contributed by atoms with Crippen molar-refractivity contribution in [1.82, 2.24) is 29.9 Å². The van der Waals surface area contributed by atoms with Gasteiger partial charge in [0, 0.05) is 96.2 Å². The average Bonchev–Trinajstić information content (AvgIpc) is 1.70. The number of carbonyl (C=O) groups excluding carboxylic acids is 1. The molecule has 3 atom stereocenters. The Hall–Kier alpha value is -13.6. The largest absolute Gasteiger partial charge is 0.493 e. The number of para-hydroxylation sites is 3. The summed E-state index contributed by atoms with van der Waals surface area (Å²) in [5, 5.41) is 33.1. The Morgan fingerprint density at radius 1 is 0.382 bits per heavy atom. The number of rotatable bonds is 29. The van der Waals surface area contributed by atoms with Gasteiger partial charge in [-0.1, -0.05) is 239 Å². The van der Waals surface area contributed by atoms with E-state index in [0.29, 0.717) is 31.7 Å². The molecule has 18 aromatic rings. The van der Waals surface area contributed by atoms with E-state index in [4.69, 9.17) is 24.4 Å². The van der Waals surface area contributed by atoms with Crippen molar-refractivity contribution in [3.8, 4) is 112 Å². The summed E-state index contributed by atoms with van der Waals surface area (Å²) < 4.78 is 11.9. The number of hydrogen-bond donors (Lipinski definition) is 4. The number of Topliss-reactive ketones (excluding diaryl/α,β-unsaturated/α-hetero) is 1. The van der Waals surface area contributed by atoms with E-state index >= 15 is 0 Å². The van der Waals surface area contributed by atoms with Gasteiger partial charge in [-0.15, -0.1) is 45.3 Å². The Morgan fingerprint density at radius 2 is 0.787 bits per heavy atom. The number of aliphatic hydroxyl groups is 3. The zero-order chi connectivity index (χ0) is 94.2. The van der Waals surface area contributed by atoms with Gasteiger partial charge < -0.3 is 30.1 Å². The SMILES string of the molecule is CC(O)c1cccc(Cc2nccc(-c3ccc(-c4ccccc4-c4ccccc4)s3)n2)c1.CC(O)c1cccc(Cc2nccc(-c3ccc(-c4ccccc4Oc4ccccc4)s3)n2)c1.CCOc1ccccc1-c1ccc(-c2ccnc(Cc3cccc(C(C)O)c3)n2)s1.Cc1cccc(C)c1-c1ccc(-c2cccc(Nc3cccc(C(=O)C4CCC(CCC(C)C)CC4)c3)c2)s1. The number of nitrogens with one attached hydrogen (secondary N) is 1. The van der Waals surface area contributed by atoms with Crippen LogP contribution in [0, 0.1) is 31.6 Å². The molecule has 7 aromatic heterocycles. The minimum Gasteiger partial charge on any atom is -0.493 e. The molecule has 136 heavy (non-hydrogen) atoms. The number of ketones is 1. The van der Waals surface area contributed by atoms with Gasteiger partial charge in [0.25, 0.3) is 0 Å². The summed E-state index contributed by atoms with van der Waals surface area (Å²) in [5.41, 5.74) is 22.5. The molecule has 1 saturated carbocycles. The summed E-state index contributed by atoms with van der Waals surface area (Å²) in [7, 11) is 0. The molecule has 0 aliphatic heterocycles. The van der Waals surface area contributed by atoms with Crippen molar-refractivity contribution in [1.29, 1.82) is 0 Å². The summed E-state index contributed by atoms with van der Waals surface area (Å²) >= 11 is 6.96. The molecule has 0 bridgehead atoms. The number of carbonyl (C=O) groups is 1. The summed E-state index contributed by atoms with van der Waals surface area (Å²) in [6.45, 7) is 16.9. The lowest BCUT2D eigenvalue weighted by molar-refractivity contribution is 0.0868. The molecule has 3 unspecified atom stereocenters. The van der Waals surface area contributed by atoms with Gasteiger partial charge in [0.05, 0.1) is 56.6 Å². The lowest BCUT2D eigenvalue weighted by Gasteiger charge is -2.28. The molecule has 4 N–H and O–H groups in total. The molecule has 0 spiro atoms. The van der Waals surface area contributed by atoms with E-state index in [-0.39, 0.29) is 5.92 Å². The van der Waals surface area contributed by atoms with Crippen LogP contribution in [0.4, 0.5) is 11.4 Å². The highest BCUT2D eigenvalue weighted by Crippen LogP contribution is 2.45. The molecule has 11 aromatic carbocycles. The van der Waals surface area contributed by atoms with Crippen LogP contribution in [-0.2, 0) is 19.3 Å². The number of anilines is 2. The Labute approximate surface area is 815 Å². The lowest BCUT2D eigenvalue weighted by Crippen LogP contribution is -2.22. The molecule has 684 valence electrons. The van der Waals surface area contributed by atoms with Crippen molar-refractivity contribution < 1.29 is 29.6 Å². The van der Waals surface area contributed by atoms with Crippen molar-refractivity contribution in [2.45, 2.75) is 131 Å². The Balaban J connectivity index is 0.000000132. The predicted molar refractivity (Wildman–Crippen MR) is 563 cm³/mol. The number of aromatic nitrogens is 6. The number of thiophene rings is 4. The zero-order valence-electron chi connectivity index (χ0n) is 78.0. The third-order valence-corrected chi connectivity index (χ3v) is 28.8. The highest BCUT2D eigenvalue weighted by Gasteiger charge is 2.28. The normalized spacial score (nSPS) is 13.5. The van der Waals surface area contributed by atoms with Gasteiger partial charge in [-0.2, -0.15) is 0 Å². The summed E-state index contributed by atoms with van der Waals surface area (Å²) in [5.74, 6) is 6.88. The van der Waals surface area contributed by atoms with Crippen LogP contribution >= 0.6 is 45.3 Å². The number of hydrogen-bond acceptors (Lipinski definition) is 17. The van der Waals surface area contributed by atoms with Crippen molar-refractivity contribution in [3.63, 3.8) is 0 Å². The standard InChI is InChI=1S/C36H41NOS.C29H24N2O2S.C29H24N2OS.C25H24N2O2S/c1-24(2)14-15-27-16-18-28(19-17-27)36(38)30-11-7-13-32(23-30)37-31-12-6-10-29(22-31)33-20-21-34(39-33)35-25(3)8-5-9-26(35)4;1-20(32)22-9-7-8-21(18-22)19-29-30-17-16-25(31-29)28-15-14-27(34-28)24-12-5-6-13-26(24)33-23-10-3-2-4-11-23;1-20(32)23-11-7-8-21(18-23)19-29-30-17-16-26(31-29)28-15-14-27(33-28)25-13-6-5-12-24(25)22-9-3-2-4-10-22;1-3-29-22-10-5-4-9-20(22)23-11-12-24(30-23)21-13-14-26-25(27-21)16-18-7-6-8-19(15-18)17(2)28/h5-13,20-24,27-28,37H,14-19H2,1-4H3;2-18,20,32H,19H2,1H3;2-18,20,32H,19H2,1H3;4-15,17,28H,3,16H2,1-2H3. The summed E-state index contributed by atoms with van der Waals surface area (Å²) in [4.78, 5) is 50.5. The summed E-state index contributed by atoms with van der Waals surface area (Å²) in [6.07, 6.45) is 12.9. The van der Waals surface area contributed by atoms with Crippen molar-refractivity contribution in [2.24, 2.45) is 17.8 Å². The van der Waals surface area contributed by atoms with Gasteiger partial charge in [-0.05, 0) is 279 Å². The Bertz CT molecular complexity index is 6970. The average molecular weight is 1870 g/mol. The second-order valence-corrected chi connectivity index (χ2v) is 39.2. The molecule has 0 amide bonds. The monoisotopic (exact) mass is 1860 g/mol. The molecule has 13 nitrogen and oxygen atoms in total. The first-order valence-corrected chi connectivity index (χ1v) is 50.0. The molecule has 0 saturated heterocycles. The van der Waals surface area contributed by atoms with Crippen LogP contribution in [0.5, 0.6) is 17.2 Å². The minimum absolute atomic E-state index is 0.170. The molecule has 7 heterocycles. The third-order valence-electron chi connectivity index (χ3n) is 24.2. The molecule has 1 fully saturated rings. The van der Waals surface area contributed by atoms with Crippen molar-refractivity contribution in [2.75, 3.05) is 11.9 Å². The quantitative estimate of drug-likeness (QED) is 0.0325. The van der Waals surface area contributed by atoms with Crippen molar-refractivity contribution >= 4 is 62.5 Å². The Kier molecular flexibility index (Phi) is 32.7. The molecular formula is C119H113N7O6S4. The highest BCUT2D eigenvalue weighted by molar-refractivity contribution is 7.20. The smallest absolute Gasteiger partial charge is 0.166 e. The third kappa shape index (κ3) is 25.5. The maximum absolute atomic E-state index is 13.4. The molecule has 0 radical (unpaired) electrons. The van der Waals surface area contributed by atoms with Gasteiger partial charge in [-0.3, -0.25) is 4.79 Å². The van der Waals surface area contributed by atoms with E-state index in [1.807, 2.05) is 219 Å². The zero-order valence-corrected chi connectivity index (χ0v) is 81.2. The summed E-state index contributed by atoms with van der Waals surface area (Å²) in [6, 6.07) is 115. The number of benzene rings is 11. The molecule has 17 heteroatoms. The van der Waals surface area contributed by atoms with Crippen molar-refractivity contribution in [3.05, 3.63) is 426 Å². The first-order chi connectivity index (χ1) is 66.3. The minimum atomic E-state index is -0.495. The molecule has 1 aliphatic carbocycles. The van der Waals surface area contributed by atoms with E-state index in [1.165, 1.54) is 79.3 Å². The van der Waals surface area contributed by atoms with E-state index in [9.17, 15) is 20.1 Å². The van der Waals surface area contributed by atoms with Crippen LogP contribution < -0.4 is 14.8 Å². The number of aliphatic hydroxyl groups excluding tert-OH is 3. The highest BCUT2D eigenvalue weighted by atomic mass is 32.1. The van der Waals surface area contributed by atoms with Gasteiger partial charge in [0.15, 0.2) is 5.78 Å². The molecule has 1 aliphatic rings. The Morgan fingerprint density at radius 3 is 1.29 bits per heavy atom. The van der Waals surface area contributed by atoms with Gasteiger partial charge >= 0.3 is 0 Å². The molecular weight excluding hydrogens is 1750 g/mol. The van der Waals surface area contributed by atoms with Crippen LogP contribution in [0.25, 0.3) is 95.0 Å². The van der Waals surface area contributed by atoms with Crippen LogP contribution in [0.1, 0.15) is 171 Å². The lowest BCUT2D eigenvalue weighted by atomic mass is 9.76. The van der Waals surface area contributed by atoms with Gasteiger partial charge in [0.1, 0.15) is 34.7 Å². The fourth-order valence-corrected chi connectivity index (χ4v) is 21.3. The van der Waals surface area contributed by atoms with Gasteiger partial charge in [-0.25, -0.2) is 29.9 Å². The first kappa shape index (κ1) is 95.6. The first-order valence-electron chi connectivity index (χ1n) is 46.8. The maximum atomic E-state index is 13.4.